The molecular weight excluding hydrogens is 358 g/mol. The van der Waals surface area contributed by atoms with E-state index in [1.807, 2.05) is 44.3 Å². The number of hydrogen-bond acceptors (Lipinski definition) is 4. The van der Waals surface area contributed by atoms with Gasteiger partial charge in [0.25, 0.3) is 0 Å². The van der Waals surface area contributed by atoms with Crippen LogP contribution in [0.1, 0.15) is 32.3 Å². The van der Waals surface area contributed by atoms with Crippen molar-refractivity contribution in [2.45, 2.75) is 37.8 Å². The van der Waals surface area contributed by atoms with Gasteiger partial charge in [0, 0.05) is 17.1 Å². The van der Waals surface area contributed by atoms with Crippen LogP contribution in [-0.2, 0) is 15.1 Å². The minimum atomic E-state index is -0.541. The lowest BCUT2D eigenvalue weighted by atomic mass is 9.87. The Kier molecular flexibility index (Phi) is 4.38. The number of aliphatic imine (C=N–C) groups is 2. The molecular formula is C17H20BrN3O2. The van der Waals surface area contributed by atoms with Gasteiger partial charge in [-0.1, -0.05) is 28.1 Å². The van der Waals surface area contributed by atoms with E-state index in [2.05, 4.69) is 25.9 Å². The normalized spacial score (nSPS) is 25.3. The summed E-state index contributed by atoms with van der Waals surface area (Å²) in [5.41, 5.74) is 0.263. The van der Waals surface area contributed by atoms with Crippen LogP contribution in [0, 0.1) is 0 Å². The van der Waals surface area contributed by atoms with Crippen molar-refractivity contribution in [3.63, 3.8) is 0 Å². The number of carbonyl (C=O) groups excluding carboxylic acids is 1. The van der Waals surface area contributed by atoms with Crippen molar-refractivity contribution in [2.75, 3.05) is 13.3 Å². The van der Waals surface area contributed by atoms with Gasteiger partial charge in [0.2, 0.25) is 5.91 Å². The maximum atomic E-state index is 12.6. The van der Waals surface area contributed by atoms with E-state index in [0.717, 1.165) is 10.0 Å². The van der Waals surface area contributed by atoms with E-state index >= 15 is 0 Å². The van der Waals surface area contributed by atoms with Gasteiger partial charge in [-0.2, -0.15) is 0 Å². The van der Waals surface area contributed by atoms with Crippen LogP contribution in [0.4, 0.5) is 0 Å². The summed E-state index contributed by atoms with van der Waals surface area (Å²) in [6, 6.07) is 8.01. The molecule has 1 aromatic rings. The highest BCUT2D eigenvalue weighted by molar-refractivity contribution is 9.10. The number of hydrogen-bond donors (Lipinski definition) is 0. The Balaban J connectivity index is 1.74. The summed E-state index contributed by atoms with van der Waals surface area (Å²) in [6.45, 7) is 5.00. The average molecular weight is 378 g/mol. The zero-order valence-corrected chi connectivity index (χ0v) is 14.9. The highest BCUT2D eigenvalue weighted by Gasteiger charge is 2.38. The number of carbonyl (C=O) groups is 1. The van der Waals surface area contributed by atoms with Crippen LogP contribution in [0.25, 0.3) is 0 Å². The van der Waals surface area contributed by atoms with Crippen molar-refractivity contribution < 1.29 is 9.53 Å². The lowest BCUT2D eigenvalue weighted by molar-refractivity contribution is -0.135. The molecule has 1 aromatic carbocycles. The Bertz CT molecular complexity index is 640. The van der Waals surface area contributed by atoms with Gasteiger partial charge in [0.05, 0.1) is 12.1 Å². The summed E-state index contributed by atoms with van der Waals surface area (Å²) < 4.78 is 6.45. The van der Waals surface area contributed by atoms with Crippen LogP contribution in [0.15, 0.2) is 38.7 Å². The number of benzene rings is 1. The molecule has 1 fully saturated rings. The first-order valence-corrected chi connectivity index (χ1v) is 8.45. The minimum absolute atomic E-state index is 0.0967. The molecule has 0 radical (unpaired) electrons. The van der Waals surface area contributed by atoms with Crippen molar-refractivity contribution in [1.29, 1.82) is 0 Å². The zero-order valence-electron chi connectivity index (χ0n) is 13.3. The van der Waals surface area contributed by atoms with Gasteiger partial charge in [-0.25, -0.2) is 4.99 Å². The number of halogens is 1. The first-order valence-electron chi connectivity index (χ1n) is 7.65. The lowest BCUT2D eigenvalue weighted by Gasteiger charge is -2.30. The van der Waals surface area contributed by atoms with E-state index in [0.29, 0.717) is 26.2 Å². The molecule has 3 rings (SSSR count). The van der Waals surface area contributed by atoms with Crippen LogP contribution in [0.3, 0.4) is 0 Å². The van der Waals surface area contributed by atoms with E-state index in [-0.39, 0.29) is 11.4 Å². The Morgan fingerprint density at radius 2 is 2.09 bits per heavy atom. The highest BCUT2D eigenvalue weighted by Crippen LogP contribution is 2.33. The maximum Gasteiger partial charge on any atom is 0.225 e. The third-order valence-corrected chi connectivity index (χ3v) is 4.94. The highest BCUT2D eigenvalue weighted by atomic mass is 79.9. The fourth-order valence-electron chi connectivity index (χ4n) is 2.97. The Morgan fingerprint density at radius 3 is 2.65 bits per heavy atom. The van der Waals surface area contributed by atoms with Gasteiger partial charge in [-0.3, -0.25) is 9.79 Å². The Morgan fingerprint density at radius 1 is 1.35 bits per heavy atom. The van der Waals surface area contributed by atoms with Gasteiger partial charge < -0.3 is 9.64 Å². The standard InChI is InChI=1S/C17H20BrN3O2/c1-16(2)10-23-12-21(16)15(22)7-8-17(9-19-11-20-17)13-3-5-14(18)6-4-13/h3-6,9,11H,7-8,10,12H2,1-2H3. The Labute approximate surface area is 144 Å². The molecule has 6 heteroatoms. The second-order valence-electron chi connectivity index (χ2n) is 6.57. The molecule has 0 bridgehead atoms. The van der Waals surface area contributed by atoms with Gasteiger partial charge in [0.15, 0.2) is 0 Å². The van der Waals surface area contributed by atoms with Crippen LogP contribution >= 0.6 is 15.9 Å². The summed E-state index contributed by atoms with van der Waals surface area (Å²) in [7, 11) is 0. The minimum Gasteiger partial charge on any atom is -0.359 e. The molecule has 0 saturated carbocycles. The molecule has 5 nitrogen and oxygen atoms in total. The largest absolute Gasteiger partial charge is 0.359 e. The summed E-state index contributed by atoms with van der Waals surface area (Å²) >= 11 is 3.44. The lowest BCUT2D eigenvalue weighted by Crippen LogP contribution is -2.44. The second kappa shape index (κ2) is 6.17. The van der Waals surface area contributed by atoms with Crippen LogP contribution in [0.5, 0.6) is 0 Å². The molecule has 122 valence electrons. The quantitative estimate of drug-likeness (QED) is 0.809. The number of rotatable bonds is 4. The smallest absolute Gasteiger partial charge is 0.225 e. The monoisotopic (exact) mass is 377 g/mol. The molecule has 2 aliphatic rings. The molecule has 1 unspecified atom stereocenters. The predicted octanol–water partition coefficient (Wildman–Crippen LogP) is 3.13. The molecule has 1 atom stereocenters. The molecule has 1 amide bonds. The van der Waals surface area contributed by atoms with E-state index in [1.165, 1.54) is 0 Å². The third kappa shape index (κ3) is 3.23. The molecule has 0 aromatic heterocycles. The van der Waals surface area contributed by atoms with Gasteiger partial charge in [-0.15, -0.1) is 0 Å². The van der Waals surface area contributed by atoms with E-state index in [4.69, 9.17) is 4.74 Å². The van der Waals surface area contributed by atoms with Crippen molar-refractivity contribution in [1.82, 2.24) is 4.90 Å². The van der Waals surface area contributed by atoms with E-state index in [1.54, 1.807) is 11.2 Å². The number of amides is 1. The second-order valence-corrected chi connectivity index (χ2v) is 7.48. The van der Waals surface area contributed by atoms with Gasteiger partial charge in [-0.05, 0) is 38.0 Å². The van der Waals surface area contributed by atoms with E-state index in [9.17, 15) is 4.79 Å². The molecule has 2 aliphatic heterocycles. The van der Waals surface area contributed by atoms with Gasteiger partial charge in [0.1, 0.15) is 18.6 Å². The zero-order chi connectivity index (χ0) is 16.5. The molecule has 0 N–H and O–H groups in total. The van der Waals surface area contributed by atoms with E-state index < -0.39 is 5.54 Å². The fraction of sp³-hybridized carbons (Fsp3) is 0.471. The molecule has 23 heavy (non-hydrogen) atoms. The summed E-state index contributed by atoms with van der Waals surface area (Å²) in [6.07, 6.45) is 4.40. The molecule has 0 aliphatic carbocycles. The molecule has 2 heterocycles. The summed E-state index contributed by atoms with van der Waals surface area (Å²) in [5.74, 6) is 0.0967. The first-order chi connectivity index (χ1) is 10.9. The van der Waals surface area contributed by atoms with Crippen LogP contribution < -0.4 is 0 Å². The Hall–Kier alpha value is -1.53. The summed E-state index contributed by atoms with van der Waals surface area (Å²) in [5, 5.41) is 0. The van der Waals surface area contributed by atoms with Crippen LogP contribution in [0.2, 0.25) is 0 Å². The average Bonchev–Trinajstić information content (AvgIpc) is 3.12. The summed E-state index contributed by atoms with van der Waals surface area (Å²) in [4.78, 5) is 23.1. The number of ether oxygens (including phenoxy) is 1. The van der Waals surface area contributed by atoms with Gasteiger partial charge >= 0.3 is 0 Å². The SMILES string of the molecule is CC1(C)COCN1C(=O)CCC1(c2ccc(Br)cc2)C=NC=N1. The maximum absolute atomic E-state index is 12.6. The molecule has 1 saturated heterocycles. The third-order valence-electron chi connectivity index (χ3n) is 4.41. The predicted molar refractivity (Wildman–Crippen MR) is 93.8 cm³/mol. The van der Waals surface area contributed by atoms with Crippen molar-refractivity contribution >= 4 is 34.4 Å². The molecule has 0 spiro atoms. The first kappa shape index (κ1) is 16.3. The van der Waals surface area contributed by atoms with Crippen molar-refractivity contribution in [2.24, 2.45) is 9.98 Å². The van der Waals surface area contributed by atoms with Crippen molar-refractivity contribution in [3.05, 3.63) is 34.3 Å². The topological polar surface area (TPSA) is 54.3 Å². The van der Waals surface area contributed by atoms with Crippen molar-refractivity contribution in [3.8, 4) is 0 Å². The number of nitrogens with zero attached hydrogens (tertiary/aromatic N) is 3. The fourth-order valence-corrected chi connectivity index (χ4v) is 3.23. The van der Waals surface area contributed by atoms with Crippen LogP contribution in [-0.4, -0.2) is 42.2 Å².